The van der Waals surface area contributed by atoms with E-state index in [-0.39, 0.29) is 9.90 Å². The molecule has 5 nitrogen and oxygen atoms in total. The van der Waals surface area contributed by atoms with E-state index in [1.165, 1.54) is 25.3 Å². The molecule has 8 heteroatoms. The maximum Gasteiger partial charge on any atom is 0.271 e. The van der Waals surface area contributed by atoms with Gasteiger partial charge in [0.2, 0.25) is 0 Å². The lowest BCUT2D eigenvalue weighted by atomic mass is 10.2. The van der Waals surface area contributed by atoms with Crippen molar-refractivity contribution < 1.29 is 13.2 Å². The third-order valence-corrected chi connectivity index (χ3v) is 5.37. The maximum atomic E-state index is 12.1. The minimum Gasteiger partial charge on any atom is -0.495 e. The number of nitrogens with two attached hydrogens (primary N) is 1. The summed E-state index contributed by atoms with van der Waals surface area (Å²) in [5.41, 5.74) is 6.35. The zero-order valence-corrected chi connectivity index (χ0v) is 12.3. The molecule has 0 saturated carbocycles. The van der Waals surface area contributed by atoms with Crippen LogP contribution in [0.25, 0.3) is 0 Å². The molecule has 19 heavy (non-hydrogen) atoms. The highest BCUT2D eigenvalue weighted by molar-refractivity contribution is 7.94. The largest absolute Gasteiger partial charge is 0.495 e. The Hall–Kier alpha value is -1.44. The van der Waals surface area contributed by atoms with Crippen LogP contribution < -0.4 is 15.2 Å². The predicted octanol–water partition coefficient (Wildman–Crippen LogP) is 2.79. The number of hydrogen-bond donors (Lipinski definition) is 2. The van der Waals surface area contributed by atoms with E-state index in [9.17, 15) is 8.42 Å². The fourth-order valence-corrected chi connectivity index (χ4v) is 3.99. The fourth-order valence-electron chi connectivity index (χ4n) is 1.44. The zero-order chi connectivity index (χ0) is 14.0. The van der Waals surface area contributed by atoms with Gasteiger partial charge in [-0.05, 0) is 30.3 Å². The average Bonchev–Trinajstić information content (AvgIpc) is 2.76. The molecule has 0 aliphatic heterocycles. The molecule has 1 aromatic carbocycles. The van der Waals surface area contributed by atoms with Gasteiger partial charge in [-0.15, -0.1) is 11.3 Å². The van der Waals surface area contributed by atoms with Crippen LogP contribution in [0.15, 0.2) is 34.5 Å². The Kier molecular flexibility index (Phi) is 3.88. The first-order chi connectivity index (χ1) is 8.92. The van der Waals surface area contributed by atoms with E-state index in [1.54, 1.807) is 12.1 Å². The summed E-state index contributed by atoms with van der Waals surface area (Å²) in [5, 5.41) is 0. The van der Waals surface area contributed by atoms with E-state index in [2.05, 4.69) is 4.72 Å². The molecule has 1 heterocycles. The number of benzene rings is 1. The molecule has 0 bridgehead atoms. The summed E-state index contributed by atoms with van der Waals surface area (Å²) in [4.78, 5) is 0. The normalized spacial score (nSPS) is 11.3. The van der Waals surface area contributed by atoms with Crippen LogP contribution in [0, 0.1) is 0 Å². The molecule has 0 aliphatic carbocycles. The van der Waals surface area contributed by atoms with Crippen LogP contribution in [-0.2, 0) is 10.0 Å². The number of ether oxygens (including phenoxy) is 1. The monoisotopic (exact) mass is 318 g/mol. The Labute approximate surface area is 120 Å². The Morgan fingerprint density at radius 1 is 1.32 bits per heavy atom. The van der Waals surface area contributed by atoms with Gasteiger partial charge in [-0.3, -0.25) is 4.72 Å². The molecular weight excluding hydrogens is 308 g/mol. The van der Waals surface area contributed by atoms with E-state index >= 15 is 0 Å². The molecule has 0 radical (unpaired) electrons. The first-order valence-corrected chi connectivity index (χ1v) is 7.82. The smallest absolute Gasteiger partial charge is 0.271 e. The Balaban J connectivity index is 2.38. The van der Waals surface area contributed by atoms with Gasteiger partial charge in [-0.1, -0.05) is 11.6 Å². The Bertz CT molecular complexity index is 698. The Morgan fingerprint density at radius 3 is 2.63 bits per heavy atom. The number of nitrogen functional groups attached to an aromatic ring is 1. The van der Waals surface area contributed by atoms with Crippen molar-refractivity contribution in [3.8, 4) is 5.75 Å². The molecule has 3 N–H and O–H groups in total. The Morgan fingerprint density at radius 2 is 2.05 bits per heavy atom. The van der Waals surface area contributed by atoms with Crippen LogP contribution in [0.1, 0.15) is 0 Å². The van der Waals surface area contributed by atoms with Crippen LogP contribution in [0.4, 0.5) is 11.4 Å². The van der Waals surface area contributed by atoms with Crippen LogP contribution in [0.5, 0.6) is 5.75 Å². The standard InChI is InChI=1S/C11H11ClN2O3S2/c1-17-9-3-2-7(13)6-8(9)14-19(15,16)11-5-4-10(12)18-11/h2-6,14H,13H2,1H3. The average molecular weight is 319 g/mol. The molecule has 0 unspecified atom stereocenters. The number of methoxy groups -OCH3 is 1. The van der Waals surface area contributed by atoms with E-state index in [1.807, 2.05) is 0 Å². The second-order valence-electron chi connectivity index (χ2n) is 3.62. The van der Waals surface area contributed by atoms with Crippen molar-refractivity contribution in [2.75, 3.05) is 17.6 Å². The lowest BCUT2D eigenvalue weighted by Crippen LogP contribution is -2.12. The second kappa shape index (κ2) is 5.28. The summed E-state index contributed by atoms with van der Waals surface area (Å²) in [6.07, 6.45) is 0. The van der Waals surface area contributed by atoms with Gasteiger partial charge in [0.25, 0.3) is 10.0 Å². The van der Waals surface area contributed by atoms with Crippen molar-refractivity contribution in [1.82, 2.24) is 0 Å². The summed E-state index contributed by atoms with van der Waals surface area (Å²) in [7, 11) is -2.24. The quantitative estimate of drug-likeness (QED) is 0.849. The molecule has 0 saturated heterocycles. The molecule has 0 spiro atoms. The van der Waals surface area contributed by atoms with E-state index in [4.69, 9.17) is 22.1 Å². The van der Waals surface area contributed by atoms with Gasteiger partial charge in [-0.2, -0.15) is 0 Å². The van der Waals surface area contributed by atoms with Crippen molar-refractivity contribution >= 4 is 44.3 Å². The third kappa shape index (κ3) is 3.12. The summed E-state index contributed by atoms with van der Waals surface area (Å²) in [6.45, 7) is 0. The number of nitrogens with one attached hydrogen (secondary N) is 1. The lowest BCUT2D eigenvalue weighted by molar-refractivity contribution is 0.417. The van der Waals surface area contributed by atoms with Crippen molar-refractivity contribution in [1.29, 1.82) is 0 Å². The molecule has 0 aliphatic rings. The highest BCUT2D eigenvalue weighted by Crippen LogP contribution is 2.31. The summed E-state index contributed by atoms with van der Waals surface area (Å²) < 4.78 is 32.3. The van der Waals surface area contributed by atoms with Crippen molar-refractivity contribution in [2.45, 2.75) is 4.21 Å². The van der Waals surface area contributed by atoms with Crippen LogP contribution in [0.3, 0.4) is 0 Å². The number of halogens is 1. The van der Waals surface area contributed by atoms with Crippen molar-refractivity contribution in [3.05, 3.63) is 34.7 Å². The number of anilines is 2. The van der Waals surface area contributed by atoms with E-state index < -0.39 is 10.0 Å². The van der Waals surface area contributed by atoms with Gasteiger partial charge in [-0.25, -0.2) is 8.42 Å². The van der Waals surface area contributed by atoms with Gasteiger partial charge >= 0.3 is 0 Å². The topological polar surface area (TPSA) is 81.4 Å². The highest BCUT2D eigenvalue weighted by atomic mass is 35.5. The number of thiophene rings is 1. The lowest BCUT2D eigenvalue weighted by Gasteiger charge is -2.11. The van der Waals surface area contributed by atoms with Crippen molar-refractivity contribution in [3.63, 3.8) is 0 Å². The number of rotatable bonds is 4. The summed E-state index contributed by atoms with van der Waals surface area (Å²) in [6, 6.07) is 7.67. The number of hydrogen-bond acceptors (Lipinski definition) is 5. The van der Waals surface area contributed by atoms with Crippen LogP contribution in [-0.4, -0.2) is 15.5 Å². The number of sulfonamides is 1. The minimum atomic E-state index is -3.69. The summed E-state index contributed by atoms with van der Waals surface area (Å²) >= 11 is 6.71. The van der Waals surface area contributed by atoms with Gasteiger partial charge in [0.15, 0.2) is 0 Å². The van der Waals surface area contributed by atoms with E-state index in [0.29, 0.717) is 15.8 Å². The first kappa shape index (κ1) is 14.0. The predicted molar refractivity (Wildman–Crippen MR) is 77.5 cm³/mol. The minimum absolute atomic E-state index is 0.127. The van der Waals surface area contributed by atoms with Crippen LogP contribution in [0.2, 0.25) is 4.34 Å². The van der Waals surface area contributed by atoms with Gasteiger partial charge < -0.3 is 10.5 Å². The molecule has 2 rings (SSSR count). The molecule has 0 fully saturated rings. The van der Waals surface area contributed by atoms with Crippen LogP contribution >= 0.6 is 22.9 Å². The second-order valence-corrected chi connectivity index (χ2v) is 7.25. The summed E-state index contributed by atoms with van der Waals surface area (Å²) in [5.74, 6) is 0.389. The first-order valence-electron chi connectivity index (χ1n) is 5.14. The zero-order valence-electron chi connectivity index (χ0n) is 9.88. The molecule has 102 valence electrons. The van der Waals surface area contributed by atoms with Gasteiger partial charge in [0, 0.05) is 5.69 Å². The van der Waals surface area contributed by atoms with Gasteiger partial charge in [0.1, 0.15) is 9.96 Å². The SMILES string of the molecule is COc1ccc(N)cc1NS(=O)(=O)c1ccc(Cl)s1. The maximum absolute atomic E-state index is 12.1. The third-order valence-electron chi connectivity index (χ3n) is 2.28. The molecule has 1 aromatic heterocycles. The molecule has 0 atom stereocenters. The van der Waals surface area contributed by atoms with Gasteiger partial charge in [0.05, 0.1) is 17.1 Å². The van der Waals surface area contributed by atoms with E-state index in [0.717, 1.165) is 11.3 Å². The fraction of sp³-hybridized carbons (Fsp3) is 0.0909. The molecular formula is C11H11ClN2O3S2. The highest BCUT2D eigenvalue weighted by Gasteiger charge is 2.18. The van der Waals surface area contributed by atoms with Crippen molar-refractivity contribution in [2.24, 2.45) is 0 Å². The molecule has 0 amide bonds. The molecule has 2 aromatic rings.